The van der Waals surface area contributed by atoms with E-state index in [1.807, 2.05) is 42.5 Å². The third-order valence-electron chi connectivity index (χ3n) is 4.53. The number of hydrogen-bond acceptors (Lipinski definition) is 7. The van der Waals surface area contributed by atoms with Crippen molar-refractivity contribution in [3.63, 3.8) is 0 Å². The smallest absolute Gasteiger partial charge is 0.247 e. The molecule has 0 aliphatic heterocycles. The maximum absolute atomic E-state index is 5.84. The van der Waals surface area contributed by atoms with Gasteiger partial charge in [-0.15, -0.1) is 22.0 Å². The molecule has 2 aromatic heterocycles. The molecule has 0 saturated heterocycles. The maximum Gasteiger partial charge on any atom is 0.247 e. The van der Waals surface area contributed by atoms with Crippen LogP contribution in [0.1, 0.15) is 18.1 Å². The van der Waals surface area contributed by atoms with E-state index < -0.39 is 0 Å². The Kier molecular flexibility index (Phi) is 6.71. The number of benzene rings is 2. The van der Waals surface area contributed by atoms with Crippen LogP contribution in [0.15, 0.2) is 63.4 Å². The van der Waals surface area contributed by atoms with E-state index in [0.717, 1.165) is 46.8 Å². The van der Waals surface area contributed by atoms with Crippen LogP contribution < -0.4 is 4.74 Å². The van der Waals surface area contributed by atoms with Gasteiger partial charge in [0.05, 0.1) is 18.1 Å². The summed E-state index contributed by atoms with van der Waals surface area (Å²) in [5.74, 6) is 4.31. The zero-order valence-electron chi connectivity index (χ0n) is 17.2. The summed E-state index contributed by atoms with van der Waals surface area (Å²) in [6.07, 6.45) is 0.994. The van der Waals surface area contributed by atoms with E-state index in [9.17, 15) is 0 Å². The number of thioether (sulfide) groups is 1. The van der Waals surface area contributed by atoms with Gasteiger partial charge in [0.1, 0.15) is 17.1 Å². The van der Waals surface area contributed by atoms with Crippen molar-refractivity contribution in [3.8, 4) is 17.2 Å². The average Bonchev–Trinajstić information content (AvgIpc) is 3.38. The van der Waals surface area contributed by atoms with Crippen LogP contribution >= 0.6 is 11.8 Å². The molecule has 7 heteroatoms. The zero-order chi connectivity index (χ0) is 20.8. The quantitative estimate of drug-likeness (QED) is 0.323. The Bertz CT molecular complexity index is 1040. The molecule has 0 spiro atoms. The molecule has 0 N–H and O–H groups in total. The molecule has 0 aliphatic rings. The molecule has 0 saturated carbocycles. The first-order valence-corrected chi connectivity index (χ1v) is 11.1. The molecule has 4 rings (SSSR count). The fraction of sp³-hybridized carbons (Fsp3) is 0.304. The number of fused-ring (bicyclic) bond motifs is 1. The van der Waals surface area contributed by atoms with Crippen molar-refractivity contribution in [1.82, 2.24) is 15.1 Å². The maximum atomic E-state index is 5.84. The highest BCUT2D eigenvalue weighted by Crippen LogP contribution is 2.26. The van der Waals surface area contributed by atoms with Crippen molar-refractivity contribution in [2.75, 3.05) is 27.2 Å². The van der Waals surface area contributed by atoms with E-state index in [1.54, 1.807) is 11.8 Å². The Labute approximate surface area is 180 Å². The van der Waals surface area contributed by atoms with Crippen LogP contribution in [0.2, 0.25) is 0 Å². The second-order valence-electron chi connectivity index (χ2n) is 7.27. The molecule has 2 heterocycles. The monoisotopic (exact) mass is 423 g/mol. The first kappa shape index (κ1) is 20.5. The first-order valence-electron chi connectivity index (χ1n) is 9.93. The summed E-state index contributed by atoms with van der Waals surface area (Å²) in [6.45, 7) is 1.71. The molecular weight excluding hydrogens is 398 g/mol. The van der Waals surface area contributed by atoms with Crippen LogP contribution in [0.5, 0.6) is 5.75 Å². The standard InChI is InChI=1S/C23H25N3O3S/c1-26(2)12-5-13-27-19-10-8-17(9-11-19)23-25-24-22(29-23)16-30-15-20-14-18-6-3-4-7-21(18)28-20/h3-4,6-11,14H,5,12-13,15-16H2,1-2H3. The number of para-hydroxylation sites is 1. The van der Waals surface area contributed by atoms with Crippen LogP contribution in [-0.2, 0) is 11.5 Å². The van der Waals surface area contributed by atoms with Crippen molar-refractivity contribution in [3.05, 3.63) is 66.2 Å². The Hall–Kier alpha value is -2.77. The summed E-state index contributed by atoms with van der Waals surface area (Å²) in [4.78, 5) is 2.15. The van der Waals surface area contributed by atoms with E-state index >= 15 is 0 Å². The van der Waals surface area contributed by atoms with E-state index in [-0.39, 0.29) is 0 Å². The van der Waals surface area contributed by atoms with Crippen LogP contribution in [0.3, 0.4) is 0 Å². The molecular formula is C23H25N3O3S. The Morgan fingerprint density at radius 1 is 0.967 bits per heavy atom. The van der Waals surface area contributed by atoms with Gasteiger partial charge in [-0.1, -0.05) is 18.2 Å². The minimum atomic E-state index is 0.522. The lowest BCUT2D eigenvalue weighted by atomic mass is 10.2. The normalized spacial score (nSPS) is 11.4. The van der Waals surface area contributed by atoms with Crippen molar-refractivity contribution >= 4 is 22.7 Å². The second-order valence-corrected chi connectivity index (χ2v) is 8.26. The number of nitrogens with zero attached hydrogens (tertiary/aromatic N) is 3. The SMILES string of the molecule is CN(C)CCCOc1ccc(-c2nnc(CSCc3cc4ccccc4o3)o2)cc1. The lowest BCUT2D eigenvalue weighted by Crippen LogP contribution is -2.15. The highest BCUT2D eigenvalue weighted by Gasteiger charge is 2.10. The van der Waals surface area contributed by atoms with Gasteiger partial charge >= 0.3 is 0 Å². The predicted octanol–water partition coefficient (Wildman–Crippen LogP) is 5.25. The van der Waals surface area contributed by atoms with E-state index in [1.165, 1.54) is 0 Å². The van der Waals surface area contributed by atoms with Crippen LogP contribution in [-0.4, -0.2) is 42.3 Å². The number of aromatic nitrogens is 2. The lowest BCUT2D eigenvalue weighted by Gasteiger charge is -2.10. The van der Waals surface area contributed by atoms with Crippen LogP contribution in [0.25, 0.3) is 22.4 Å². The van der Waals surface area contributed by atoms with Gasteiger partial charge in [-0.05, 0) is 56.9 Å². The predicted molar refractivity (Wildman–Crippen MR) is 120 cm³/mol. The molecule has 156 valence electrons. The number of ether oxygens (including phenoxy) is 1. The molecule has 0 radical (unpaired) electrons. The van der Waals surface area contributed by atoms with Gasteiger partial charge in [-0.2, -0.15) is 0 Å². The number of hydrogen-bond donors (Lipinski definition) is 0. The molecule has 0 fully saturated rings. The third kappa shape index (κ3) is 5.43. The summed E-state index contributed by atoms with van der Waals surface area (Å²) < 4.78 is 17.4. The van der Waals surface area contributed by atoms with E-state index in [4.69, 9.17) is 13.6 Å². The van der Waals surface area contributed by atoms with Gasteiger partial charge in [0.15, 0.2) is 0 Å². The number of furan rings is 1. The highest BCUT2D eigenvalue weighted by atomic mass is 32.2. The molecule has 30 heavy (non-hydrogen) atoms. The topological polar surface area (TPSA) is 64.5 Å². The lowest BCUT2D eigenvalue weighted by molar-refractivity contribution is 0.281. The molecule has 4 aromatic rings. The van der Waals surface area contributed by atoms with Crippen molar-refractivity contribution in [1.29, 1.82) is 0 Å². The number of rotatable bonds is 10. The molecule has 2 aromatic carbocycles. The van der Waals surface area contributed by atoms with E-state index in [2.05, 4.69) is 41.3 Å². The van der Waals surface area contributed by atoms with Gasteiger partial charge < -0.3 is 18.5 Å². The molecule has 0 amide bonds. The second kappa shape index (κ2) is 9.82. The Balaban J connectivity index is 1.27. The Morgan fingerprint density at radius 2 is 1.80 bits per heavy atom. The summed E-state index contributed by atoms with van der Waals surface area (Å²) >= 11 is 1.69. The summed E-state index contributed by atoms with van der Waals surface area (Å²) in [7, 11) is 4.12. The zero-order valence-corrected chi connectivity index (χ0v) is 18.0. The minimum absolute atomic E-state index is 0.522. The van der Waals surface area contributed by atoms with Gasteiger partial charge in [0.2, 0.25) is 11.8 Å². The summed E-state index contributed by atoms with van der Waals surface area (Å²) in [5.41, 5.74) is 1.80. The first-order chi connectivity index (χ1) is 14.7. The van der Waals surface area contributed by atoms with Gasteiger partial charge in [-0.25, -0.2) is 0 Å². The highest BCUT2D eigenvalue weighted by molar-refractivity contribution is 7.97. The molecule has 0 aliphatic carbocycles. The average molecular weight is 424 g/mol. The fourth-order valence-corrected chi connectivity index (χ4v) is 3.78. The van der Waals surface area contributed by atoms with Crippen LogP contribution in [0.4, 0.5) is 0 Å². The Morgan fingerprint density at radius 3 is 2.60 bits per heavy atom. The summed E-state index contributed by atoms with van der Waals surface area (Å²) in [6, 6.07) is 17.9. The van der Waals surface area contributed by atoms with Crippen molar-refractivity contribution < 1.29 is 13.6 Å². The van der Waals surface area contributed by atoms with Crippen LogP contribution in [0, 0.1) is 0 Å². The summed E-state index contributed by atoms with van der Waals surface area (Å²) in [5, 5.41) is 9.46. The molecule has 6 nitrogen and oxygen atoms in total. The van der Waals surface area contributed by atoms with Crippen molar-refractivity contribution in [2.24, 2.45) is 0 Å². The van der Waals surface area contributed by atoms with Gasteiger partial charge in [-0.3, -0.25) is 0 Å². The fourth-order valence-electron chi connectivity index (χ4n) is 3.04. The molecule has 0 bridgehead atoms. The molecule has 0 atom stereocenters. The largest absolute Gasteiger partial charge is 0.494 e. The van der Waals surface area contributed by atoms with Crippen molar-refractivity contribution in [2.45, 2.75) is 17.9 Å². The third-order valence-corrected chi connectivity index (χ3v) is 5.47. The van der Waals surface area contributed by atoms with Gasteiger partial charge in [0.25, 0.3) is 0 Å². The van der Waals surface area contributed by atoms with Gasteiger partial charge in [0, 0.05) is 17.5 Å². The van der Waals surface area contributed by atoms with E-state index in [0.29, 0.717) is 24.1 Å². The molecule has 0 unspecified atom stereocenters. The minimum Gasteiger partial charge on any atom is -0.494 e.